The van der Waals surface area contributed by atoms with Gasteiger partial charge in [-0.2, -0.15) is 0 Å². The quantitative estimate of drug-likeness (QED) is 0.759. The first kappa shape index (κ1) is 19.6. The van der Waals surface area contributed by atoms with Crippen LogP contribution in [0.15, 0.2) is 18.2 Å². The molecule has 0 saturated heterocycles. The topological polar surface area (TPSA) is 90.5 Å². The third kappa shape index (κ3) is 5.66. The number of amides is 4. The maximum absolute atomic E-state index is 12.0. The summed E-state index contributed by atoms with van der Waals surface area (Å²) in [6.07, 6.45) is 0. The van der Waals surface area contributed by atoms with Crippen molar-refractivity contribution in [2.75, 3.05) is 26.0 Å². The van der Waals surface area contributed by atoms with Crippen molar-refractivity contribution in [3.63, 3.8) is 0 Å². The highest BCUT2D eigenvalue weighted by atomic mass is 16.2. The summed E-state index contributed by atoms with van der Waals surface area (Å²) >= 11 is 0. The van der Waals surface area contributed by atoms with E-state index in [-0.39, 0.29) is 12.5 Å². The summed E-state index contributed by atoms with van der Waals surface area (Å²) in [5, 5.41) is 7.71. The largest absolute Gasteiger partial charge is 0.347 e. The van der Waals surface area contributed by atoms with Crippen LogP contribution in [0.3, 0.4) is 0 Å². The molecule has 1 aromatic carbocycles. The molecule has 0 unspecified atom stereocenters. The van der Waals surface area contributed by atoms with Gasteiger partial charge in [-0.15, -0.1) is 0 Å². The van der Waals surface area contributed by atoms with Crippen molar-refractivity contribution < 1.29 is 14.4 Å². The number of aryl methyl sites for hydroxylation is 2. The number of nitrogens with zero attached hydrogens (tertiary/aromatic N) is 1. The number of carbonyl (C=O) groups excluding carboxylic acids is 3. The fourth-order valence-corrected chi connectivity index (χ4v) is 2.21. The second kappa shape index (κ2) is 7.92. The Morgan fingerprint density at radius 3 is 2.29 bits per heavy atom. The molecule has 0 aliphatic heterocycles. The normalized spacial score (nSPS) is 10.9. The highest BCUT2D eigenvalue weighted by Crippen LogP contribution is 2.15. The van der Waals surface area contributed by atoms with Gasteiger partial charge in [0.1, 0.15) is 0 Å². The first-order chi connectivity index (χ1) is 11.0. The highest BCUT2D eigenvalue weighted by Gasteiger charge is 2.29. The SMILES string of the molecule is Cc1ccc(NC(=O)NC(=O)CNC(C)(C)C(=O)N(C)C)c(C)c1. The van der Waals surface area contributed by atoms with Gasteiger partial charge < -0.3 is 10.2 Å². The Morgan fingerprint density at radius 1 is 1.12 bits per heavy atom. The zero-order valence-corrected chi connectivity index (χ0v) is 15.1. The molecule has 0 spiro atoms. The van der Waals surface area contributed by atoms with Crippen LogP contribution in [-0.2, 0) is 9.59 Å². The molecule has 0 radical (unpaired) electrons. The summed E-state index contributed by atoms with van der Waals surface area (Å²) in [5.41, 5.74) is 1.74. The van der Waals surface area contributed by atoms with E-state index in [0.717, 1.165) is 11.1 Å². The zero-order valence-electron chi connectivity index (χ0n) is 15.1. The maximum Gasteiger partial charge on any atom is 0.325 e. The van der Waals surface area contributed by atoms with E-state index in [9.17, 15) is 14.4 Å². The van der Waals surface area contributed by atoms with E-state index in [1.54, 1.807) is 34.0 Å². The van der Waals surface area contributed by atoms with Crippen molar-refractivity contribution in [3.05, 3.63) is 29.3 Å². The molecule has 4 amide bonds. The van der Waals surface area contributed by atoms with Gasteiger partial charge in [0.05, 0.1) is 12.1 Å². The number of likely N-dealkylation sites (N-methyl/N-ethyl adjacent to an activating group) is 1. The summed E-state index contributed by atoms with van der Waals surface area (Å²) in [4.78, 5) is 37.1. The number of hydrogen-bond donors (Lipinski definition) is 3. The van der Waals surface area contributed by atoms with E-state index < -0.39 is 17.5 Å². The van der Waals surface area contributed by atoms with Crippen LogP contribution in [0.5, 0.6) is 0 Å². The van der Waals surface area contributed by atoms with E-state index in [0.29, 0.717) is 5.69 Å². The molecule has 0 saturated carbocycles. The van der Waals surface area contributed by atoms with Gasteiger partial charge in [0, 0.05) is 19.8 Å². The molecule has 0 aliphatic rings. The van der Waals surface area contributed by atoms with Gasteiger partial charge in [0.2, 0.25) is 11.8 Å². The molecule has 0 aliphatic carbocycles. The zero-order chi connectivity index (χ0) is 18.5. The molecule has 7 heteroatoms. The number of benzene rings is 1. The van der Waals surface area contributed by atoms with Crippen molar-refractivity contribution in [1.29, 1.82) is 0 Å². The number of anilines is 1. The molecule has 0 bridgehead atoms. The van der Waals surface area contributed by atoms with E-state index in [2.05, 4.69) is 16.0 Å². The van der Waals surface area contributed by atoms with Crippen LogP contribution < -0.4 is 16.0 Å². The number of carbonyl (C=O) groups is 3. The minimum absolute atomic E-state index is 0.146. The number of nitrogens with one attached hydrogen (secondary N) is 3. The number of urea groups is 1. The summed E-state index contributed by atoms with van der Waals surface area (Å²) < 4.78 is 0. The smallest absolute Gasteiger partial charge is 0.325 e. The minimum atomic E-state index is -0.898. The third-order valence-electron chi connectivity index (χ3n) is 3.51. The maximum atomic E-state index is 12.0. The fraction of sp³-hybridized carbons (Fsp3) is 0.471. The molecule has 24 heavy (non-hydrogen) atoms. The summed E-state index contributed by atoms with van der Waals surface area (Å²) in [7, 11) is 3.28. The number of imide groups is 1. The molecule has 0 atom stereocenters. The van der Waals surface area contributed by atoms with Crippen LogP contribution in [0, 0.1) is 13.8 Å². The monoisotopic (exact) mass is 334 g/mol. The predicted octanol–water partition coefficient (Wildman–Crippen LogP) is 1.41. The van der Waals surface area contributed by atoms with Crippen LogP contribution in [0.1, 0.15) is 25.0 Å². The van der Waals surface area contributed by atoms with Gasteiger partial charge in [0.15, 0.2) is 0 Å². The molecule has 0 fully saturated rings. The van der Waals surface area contributed by atoms with E-state index in [1.807, 2.05) is 26.0 Å². The van der Waals surface area contributed by atoms with Gasteiger partial charge in [-0.05, 0) is 39.3 Å². The lowest BCUT2D eigenvalue weighted by Gasteiger charge is -2.27. The highest BCUT2D eigenvalue weighted by molar-refractivity contribution is 6.02. The molecule has 1 aromatic rings. The van der Waals surface area contributed by atoms with Crippen LogP contribution in [0.4, 0.5) is 10.5 Å². The first-order valence-electron chi connectivity index (χ1n) is 7.68. The average molecular weight is 334 g/mol. The summed E-state index contributed by atoms with van der Waals surface area (Å²) in [6.45, 7) is 7.05. The Kier molecular flexibility index (Phi) is 6.48. The Balaban J connectivity index is 2.53. The summed E-state index contributed by atoms with van der Waals surface area (Å²) in [6, 6.07) is 4.99. The standard InChI is InChI=1S/C17H26N4O3/c1-11-7-8-13(12(2)9-11)19-16(24)20-14(22)10-18-17(3,4)15(23)21(5)6/h7-9,18H,10H2,1-6H3,(H2,19,20,22,24). The number of hydrogen-bond acceptors (Lipinski definition) is 4. The van der Waals surface area contributed by atoms with E-state index in [4.69, 9.17) is 0 Å². The van der Waals surface area contributed by atoms with Gasteiger partial charge in [0.25, 0.3) is 0 Å². The van der Waals surface area contributed by atoms with Crippen molar-refractivity contribution in [2.24, 2.45) is 0 Å². The Bertz CT molecular complexity index is 639. The first-order valence-corrected chi connectivity index (χ1v) is 7.68. The minimum Gasteiger partial charge on any atom is -0.347 e. The van der Waals surface area contributed by atoms with Gasteiger partial charge in [-0.3, -0.25) is 20.2 Å². The third-order valence-corrected chi connectivity index (χ3v) is 3.51. The Morgan fingerprint density at radius 2 is 1.75 bits per heavy atom. The molecular formula is C17H26N4O3. The molecule has 1 rings (SSSR count). The van der Waals surface area contributed by atoms with Gasteiger partial charge in [-0.1, -0.05) is 17.7 Å². The molecule has 3 N–H and O–H groups in total. The Labute approximate surface area is 142 Å². The van der Waals surface area contributed by atoms with Crippen LogP contribution in [-0.4, -0.2) is 48.9 Å². The fourth-order valence-electron chi connectivity index (χ4n) is 2.21. The van der Waals surface area contributed by atoms with Crippen LogP contribution in [0.25, 0.3) is 0 Å². The van der Waals surface area contributed by atoms with Crippen molar-refractivity contribution >= 4 is 23.5 Å². The average Bonchev–Trinajstić information content (AvgIpc) is 2.47. The van der Waals surface area contributed by atoms with Crippen molar-refractivity contribution in [1.82, 2.24) is 15.5 Å². The van der Waals surface area contributed by atoms with Crippen LogP contribution in [0.2, 0.25) is 0 Å². The number of rotatable bonds is 5. The molecule has 0 aromatic heterocycles. The van der Waals surface area contributed by atoms with Crippen molar-refractivity contribution in [3.8, 4) is 0 Å². The molecule has 132 valence electrons. The predicted molar refractivity (Wildman–Crippen MR) is 93.9 cm³/mol. The van der Waals surface area contributed by atoms with Gasteiger partial charge in [-0.25, -0.2) is 4.79 Å². The second-order valence-electron chi connectivity index (χ2n) is 6.50. The molecular weight excluding hydrogens is 308 g/mol. The van der Waals surface area contributed by atoms with E-state index >= 15 is 0 Å². The van der Waals surface area contributed by atoms with Crippen LogP contribution >= 0.6 is 0 Å². The van der Waals surface area contributed by atoms with E-state index in [1.165, 1.54) is 4.90 Å². The molecule has 7 nitrogen and oxygen atoms in total. The lowest BCUT2D eigenvalue weighted by atomic mass is 10.0. The van der Waals surface area contributed by atoms with Gasteiger partial charge >= 0.3 is 6.03 Å². The Hall–Kier alpha value is -2.41. The lowest BCUT2D eigenvalue weighted by Crippen LogP contribution is -2.55. The second-order valence-corrected chi connectivity index (χ2v) is 6.50. The molecule has 0 heterocycles. The van der Waals surface area contributed by atoms with Crippen molar-refractivity contribution in [2.45, 2.75) is 33.2 Å². The summed E-state index contributed by atoms with van der Waals surface area (Å²) in [5.74, 6) is -0.674. The lowest BCUT2D eigenvalue weighted by molar-refractivity contribution is -0.134.